The molecule has 0 radical (unpaired) electrons. The van der Waals surface area contributed by atoms with Crippen LogP contribution in [-0.2, 0) is 4.79 Å². The van der Waals surface area contributed by atoms with Gasteiger partial charge in [0, 0.05) is 6.04 Å². The fourth-order valence-electron chi connectivity index (χ4n) is 2.44. The minimum atomic E-state index is -0.285. The number of hydrogen-bond donors (Lipinski definition) is 2. The molecule has 2 fully saturated rings. The molecule has 0 aromatic rings. The van der Waals surface area contributed by atoms with Crippen molar-refractivity contribution in [2.24, 2.45) is 0 Å². The largest absolute Gasteiger partial charge is 0.326 e. The minimum Gasteiger partial charge on any atom is -0.326 e. The molecule has 5 heteroatoms. The topological polar surface area (TPSA) is 61.4 Å². The molecule has 3 amide bonds. The number of rotatable bonds is 3. The van der Waals surface area contributed by atoms with Crippen molar-refractivity contribution in [1.82, 2.24) is 15.5 Å². The normalized spacial score (nSPS) is 27.3. The van der Waals surface area contributed by atoms with Crippen LogP contribution in [0.15, 0.2) is 0 Å². The number of imide groups is 1. The average molecular weight is 225 g/mol. The fourth-order valence-corrected chi connectivity index (χ4v) is 2.44. The van der Waals surface area contributed by atoms with E-state index in [9.17, 15) is 9.59 Å². The summed E-state index contributed by atoms with van der Waals surface area (Å²) in [4.78, 5) is 25.2. The number of amides is 3. The lowest BCUT2D eigenvalue weighted by atomic mass is 10.0. The molecule has 2 aliphatic rings. The van der Waals surface area contributed by atoms with Crippen LogP contribution >= 0.6 is 0 Å². The molecule has 16 heavy (non-hydrogen) atoms. The van der Waals surface area contributed by atoms with E-state index in [1.807, 2.05) is 6.92 Å². The van der Waals surface area contributed by atoms with Gasteiger partial charge in [-0.25, -0.2) is 4.79 Å². The molecule has 2 aliphatic heterocycles. The van der Waals surface area contributed by atoms with Crippen LogP contribution in [0.5, 0.6) is 0 Å². The second kappa shape index (κ2) is 4.82. The Morgan fingerprint density at radius 3 is 2.62 bits per heavy atom. The van der Waals surface area contributed by atoms with Gasteiger partial charge < -0.3 is 10.6 Å². The van der Waals surface area contributed by atoms with Gasteiger partial charge in [0.2, 0.25) is 0 Å². The third kappa shape index (κ3) is 2.04. The summed E-state index contributed by atoms with van der Waals surface area (Å²) in [6, 6.07) is -0.390. The maximum Gasteiger partial charge on any atom is 0.325 e. The highest BCUT2D eigenvalue weighted by Gasteiger charge is 2.41. The Hall–Kier alpha value is -1.10. The first-order chi connectivity index (χ1) is 7.74. The van der Waals surface area contributed by atoms with E-state index in [-0.39, 0.29) is 24.0 Å². The van der Waals surface area contributed by atoms with E-state index < -0.39 is 0 Å². The molecule has 2 N–H and O–H groups in total. The van der Waals surface area contributed by atoms with Gasteiger partial charge in [-0.2, -0.15) is 0 Å². The second-order valence-electron chi connectivity index (χ2n) is 4.48. The monoisotopic (exact) mass is 225 g/mol. The van der Waals surface area contributed by atoms with Crippen LogP contribution in [0.25, 0.3) is 0 Å². The summed E-state index contributed by atoms with van der Waals surface area (Å²) in [5, 5.41) is 6.00. The third-order valence-electron chi connectivity index (χ3n) is 3.30. The van der Waals surface area contributed by atoms with Gasteiger partial charge in [0.05, 0.1) is 0 Å². The molecule has 0 aromatic carbocycles. The molecule has 90 valence electrons. The first-order valence-corrected chi connectivity index (χ1v) is 6.08. The first kappa shape index (κ1) is 11.4. The average Bonchev–Trinajstić information content (AvgIpc) is 2.56. The molecule has 2 saturated heterocycles. The number of nitrogens with one attached hydrogen (secondary N) is 2. The fraction of sp³-hybridized carbons (Fsp3) is 0.818. The van der Waals surface area contributed by atoms with Gasteiger partial charge in [-0.1, -0.05) is 13.3 Å². The smallest absolute Gasteiger partial charge is 0.325 e. The van der Waals surface area contributed by atoms with E-state index >= 15 is 0 Å². The minimum absolute atomic E-state index is 0.0289. The van der Waals surface area contributed by atoms with Crippen LogP contribution in [0.3, 0.4) is 0 Å². The van der Waals surface area contributed by atoms with Crippen molar-refractivity contribution in [3.63, 3.8) is 0 Å². The zero-order valence-corrected chi connectivity index (χ0v) is 9.66. The summed E-state index contributed by atoms with van der Waals surface area (Å²) in [6.45, 7) is 3.80. The highest BCUT2D eigenvalue weighted by molar-refractivity contribution is 6.04. The second-order valence-corrected chi connectivity index (χ2v) is 4.48. The Balaban J connectivity index is 2.03. The van der Waals surface area contributed by atoms with E-state index in [0.29, 0.717) is 0 Å². The predicted octanol–water partition coefficient (Wildman–Crippen LogP) is 0.459. The molecule has 0 aromatic heterocycles. The number of carbonyl (C=O) groups is 2. The Morgan fingerprint density at radius 2 is 2.00 bits per heavy atom. The SMILES string of the molecule is CCCC1NC(=O)N(C2CCNCC2)C1=O. The highest BCUT2D eigenvalue weighted by atomic mass is 16.2. The molecule has 0 bridgehead atoms. The van der Waals surface area contributed by atoms with E-state index in [1.54, 1.807) is 0 Å². The lowest BCUT2D eigenvalue weighted by Gasteiger charge is -2.29. The number of carbonyl (C=O) groups excluding carboxylic acids is 2. The number of nitrogens with zero attached hydrogens (tertiary/aromatic N) is 1. The van der Waals surface area contributed by atoms with Gasteiger partial charge >= 0.3 is 6.03 Å². The van der Waals surface area contributed by atoms with Crippen molar-refractivity contribution in [1.29, 1.82) is 0 Å². The Labute approximate surface area is 95.6 Å². The molecule has 1 unspecified atom stereocenters. The molecule has 2 heterocycles. The van der Waals surface area contributed by atoms with Gasteiger partial charge in [-0.05, 0) is 32.4 Å². The van der Waals surface area contributed by atoms with Crippen LogP contribution < -0.4 is 10.6 Å². The van der Waals surface area contributed by atoms with Crippen LogP contribution in [0.1, 0.15) is 32.6 Å². The van der Waals surface area contributed by atoms with Crippen molar-refractivity contribution in [3.8, 4) is 0 Å². The number of piperidine rings is 1. The Kier molecular flexibility index (Phi) is 3.43. The van der Waals surface area contributed by atoms with Gasteiger partial charge in [0.1, 0.15) is 6.04 Å². The Morgan fingerprint density at radius 1 is 1.31 bits per heavy atom. The zero-order chi connectivity index (χ0) is 11.5. The van der Waals surface area contributed by atoms with Crippen LogP contribution in [0.4, 0.5) is 4.79 Å². The summed E-state index contributed by atoms with van der Waals surface area (Å²) in [7, 11) is 0. The van der Waals surface area contributed by atoms with Crippen molar-refractivity contribution in [3.05, 3.63) is 0 Å². The van der Waals surface area contributed by atoms with Gasteiger partial charge in [-0.3, -0.25) is 9.69 Å². The quantitative estimate of drug-likeness (QED) is 0.686. The van der Waals surface area contributed by atoms with E-state index in [2.05, 4.69) is 10.6 Å². The molecule has 0 aliphatic carbocycles. The van der Waals surface area contributed by atoms with Crippen LogP contribution in [0, 0.1) is 0 Å². The summed E-state index contributed by atoms with van der Waals surface area (Å²) < 4.78 is 0. The standard InChI is InChI=1S/C11H19N3O2/c1-2-3-9-10(15)14(11(16)13-9)8-4-6-12-7-5-8/h8-9,12H,2-7H2,1H3,(H,13,16). The number of urea groups is 1. The maximum absolute atomic E-state index is 12.0. The molecule has 1 atom stereocenters. The summed E-state index contributed by atoms with van der Waals surface area (Å²) in [6.07, 6.45) is 3.40. The molecule has 0 spiro atoms. The maximum atomic E-state index is 12.0. The van der Waals surface area contributed by atoms with Crippen LogP contribution in [-0.4, -0.2) is 42.0 Å². The third-order valence-corrected chi connectivity index (χ3v) is 3.30. The van der Waals surface area contributed by atoms with Crippen LogP contribution in [0.2, 0.25) is 0 Å². The lowest BCUT2D eigenvalue weighted by Crippen LogP contribution is -2.46. The first-order valence-electron chi connectivity index (χ1n) is 6.08. The summed E-state index contributed by atoms with van der Waals surface area (Å²) in [5.74, 6) is -0.0289. The Bertz CT molecular complexity index is 287. The zero-order valence-electron chi connectivity index (χ0n) is 9.66. The van der Waals surface area contributed by atoms with Crippen molar-refractivity contribution >= 4 is 11.9 Å². The van der Waals surface area contributed by atoms with Gasteiger partial charge in [0.25, 0.3) is 5.91 Å². The molecule has 5 nitrogen and oxygen atoms in total. The lowest BCUT2D eigenvalue weighted by molar-refractivity contribution is -0.129. The van der Waals surface area contributed by atoms with Gasteiger partial charge in [-0.15, -0.1) is 0 Å². The van der Waals surface area contributed by atoms with E-state index in [4.69, 9.17) is 0 Å². The summed E-state index contributed by atoms with van der Waals surface area (Å²) >= 11 is 0. The van der Waals surface area contributed by atoms with E-state index in [0.717, 1.165) is 38.8 Å². The molecule has 2 rings (SSSR count). The van der Waals surface area contributed by atoms with Crippen molar-refractivity contribution in [2.45, 2.75) is 44.7 Å². The number of hydrogen-bond acceptors (Lipinski definition) is 3. The molecular formula is C11H19N3O2. The van der Waals surface area contributed by atoms with Crippen molar-refractivity contribution < 1.29 is 9.59 Å². The highest BCUT2D eigenvalue weighted by Crippen LogP contribution is 2.19. The molecular weight excluding hydrogens is 206 g/mol. The molecule has 0 saturated carbocycles. The van der Waals surface area contributed by atoms with E-state index in [1.165, 1.54) is 4.90 Å². The predicted molar refractivity (Wildman–Crippen MR) is 60.0 cm³/mol. The van der Waals surface area contributed by atoms with Gasteiger partial charge in [0.15, 0.2) is 0 Å². The summed E-state index contributed by atoms with van der Waals surface area (Å²) in [5.41, 5.74) is 0. The van der Waals surface area contributed by atoms with Crippen molar-refractivity contribution in [2.75, 3.05) is 13.1 Å².